The third-order valence-electron chi connectivity index (χ3n) is 4.16. The van der Waals surface area contributed by atoms with Gasteiger partial charge in [-0.1, -0.05) is 18.2 Å². The number of pyridine rings is 1. The Hall–Kier alpha value is -3.09. The van der Waals surface area contributed by atoms with Crippen molar-refractivity contribution in [3.05, 3.63) is 54.4 Å². The summed E-state index contributed by atoms with van der Waals surface area (Å²) in [7, 11) is 0. The summed E-state index contributed by atoms with van der Waals surface area (Å²) in [5.41, 5.74) is 0.419. The van der Waals surface area contributed by atoms with Crippen LogP contribution in [0.5, 0.6) is 11.5 Å². The highest BCUT2D eigenvalue weighted by Gasteiger charge is 2.26. The van der Waals surface area contributed by atoms with E-state index in [1.165, 1.54) is 6.20 Å². The maximum absolute atomic E-state index is 12.9. The van der Waals surface area contributed by atoms with Crippen molar-refractivity contribution in [3.8, 4) is 11.5 Å². The predicted molar refractivity (Wildman–Crippen MR) is 97.3 cm³/mol. The zero-order valence-corrected chi connectivity index (χ0v) is 14.7. The molecule has 0 radical (unpaired) electrons. The molecule has 7 nitrogen and oxygen atoms in total. The molecule has 1 aromatic heterocycles. The van der Waals surface area contributed by atoms with Crippen LogP contribution in [0.3, 0.4) is 0 Å². The first-order chi connectivity index (χ1) is 12.7. The Kier molecular flexibility index (Phi) is 5.68. The van der Waals surface area contributed by atoms with Crippen molar-refractivity contribution in [2.24, 2.45) is 0 Å². The number of carbonyl (C=O) groups is 2. The van der Waals surface area contributed by atoms with E-state index < -0.39 is 0 Å². The van der Waals surface area contributed by atoms with E-state index in [0.29, 0.717) is 49.8 Å². The van der Waals surface area contributed by atoms with Crippen LogP contribution in [0.25, 0.3) is 0 Å². The van der Waals surface area contributed by atoms with Crippen LogP contribution in [-0.4, -0.2) is 59.4 Å². The highest BCUT2D eigenvalue weighted by Crippen LogP contribution is 2.25. The third-order valence-corrected chi connectivity index (χ3v) is 4.16. The van der Waals surface area contributed by atoms with Crippen molar-refractivity contribution in [2.75, 3.05) is 32.7 Å². The number of hydrogen-bond donors (Lipinski definition) is 1. The Labute approximate surface area is 152 Å². The van der Waals surface area contributed by atoms with Crippen LogP contribution in [-0.2, 0) is 0 Å². The number of hydrogen-bond acceptors (Lipinski definition) is 4. The molecule has 0 aliphatic carbocycles. The van der Waals surface area contributed by atoms with Gasteiger partial charge in [-0.15, -0.1) is 0 Å². The number of benzene rings is 1. The number of nitrogens with zero attached hydrogens (tertiary/aromatic N) is 3. The lowest BCUT2D eigenvalue weighted by Crippen LogP contribution is -2.53. The van der Waals surface area contributed by atoms with Crippen LogP contribution in [0.15, 0.2) is 48.8 Å². The minimum atomic E-state index is -0.139. The van der Waals surface area contributed by atoms with Gasteiger partial charge in [-0.25, -0.2) is 4.79 Å². The first kappa shape index (κ1) is 17.7. The van der Waals surface area contributed by atoms with E-state index >= 15 is 0 Å². The molecule has 3 amide bonds. The molecule has 0 atom stereocenters. The van der Waals surface area contributed by atoms with Crippen LogP contribution >= 0.6 is 0 Å². The molecule has 26 heavy (non-hydrogen) atoms. The highest BCUT2D eigenvalue weighted by molar-refractivity contribution is 5.96. The lowest BCUT2D eigenvalue weighted by molar-refractivity contribution is 0.0662. The topological polar surface area (TPSA) is 74.8 Å². The van der Waals surface area contributed by atoms with Gasteiger partial charge in [0, 0.05) is 45.1 Å². The van der Waals surface area contributed by atoms with Gasteiger partial charge in [0.05, 0.1) is 0 Å². The van der Waals surface area contributed by atoms with E-state index in [4.69, 9.17) is 4.74 Å². The van der Waals surface area contributed by atoms with Gasteiger partial charge < -0.3 is 19.9 Å². The van der Waals surface area contributed by atoms with E-state index in [1.54, 1.807) is 22.1 Å². The molecule has 1 aliphatic rings. The summed E-state index contributed by atoms with van der Waals surface area (Å²) >= 11 is 0. The maximum Gasteiger partial charge on any atom is 0.317 e. The molecule has 7 heteroatoms. The van der Waals surface area contributed by atoms with Gasteiger partial charge >= 0.3 is 6.03 Å². The number of amides is 3. The second-order valence-electron chi connectivity index (χ2n) is 5.90. The largest absolute Gasteiger partial charge is 0.456 e. The second kappa shape index (κ2) is 8.33. The van der Waals surface area contributed by atoms with Gasteiger partial charge in [0.1, 0.15) is 17.1 Å². The number of ether oxygens (including phenoxy) is 1. The molecule has 1 aromatic carbocycles. The molecule has 1 fully saturated rings. The normalized spacial score (nSPS) is 14.0. The average molecular weight is 354 g/mol. The van der Waals surface area contributed by atoms with Crippen LogP contribution in [0.1, 0.15) is 17.3 Å². The van der Waals surface area contributed by atoms with E-state index in [1.807, 2.05) is 37.3 Å². The molecule has 2 aromatic rings. The average Bonchev–Trinajstić information content (AvgIpc) is 2.69. The zero-order chi connectivity index (χ0) is 18.4. The van der Waals surface area contributed by atoms with Crippen molar-refractivity contribution in [1.82, 2.24) is 20.1 Å². The van der Waals surface area contributed by atoms with Crippen LogP contribution in [0.4, 0.5) is 4.79 Å². The number of piperazine rings is 1. The van der Waals surface area contributed by atoms with Gasteiger partial charge in [0.15, 0.2) is 0 Å². The molecule has 0 bridgehead atoms. The fraction of sp³-hybridized carbons (Fsp3) is 0.316. The van der Waals surface area contributed by atoms with E-state index in [2.05, 4.69) is 10.3 Å². The highest BCUT2D eigenvalue weighted by atomic mass is 16.5. The lowest BCUT2D eigenvalue weighted by Gasteiger charge is -2.34. The number of aromatic nitrogens is 1. The molecule has 1 saturated heterocycles. The Morgan fingerprint density at radius 1 is 1.08 bits per heavy atom. The van der Waals surface area contributed by atoms with Gasteiger partial charge in [0.2, 0.25) is 0 Å². The van der Waals surface area contributed by atoms with Crippen molar-refractivity contribution in [2.45, 2.75) is 6.92 Å². The summed E-state index contributed by atoms with van der Waals surface area (Å²) in [6.45, 7) is 4.45. The third kappa shape index (κ3) is 4.11. The molecule has 1 N–H and O–H groups in total. The van der Waals surface area contributed by atoms with Gasteiger partial charge in [-0.2, -0.15) is 0 Å². The molecule has 1 aliphatic heterocycles. The Morgan fingerprint density at radius 3 is 2.46 bits per heavy atom. The molecule has 0 spiro atoms. The zero-order valence-electron chi connectivity index (χ0n) is 14.7. The molecular weight excluding hydrogens is 332 g/mol. The molecule has 0 saturated carbocycles. The molecule has 2 heterocycles. The van der Waals surface area contributed by atoms with Gasteiger partial charge in [0.25, 0.3) is 5.91 Å². The number of urea groups is 1. The second-order valence-corrected chi connectivity index (χ2v) is 5.90. The smallest absolute Gasteiger partial charge is 0.317 e. The summed E-state index contributed by atoms with van der Waals surface area (Å²) in [4.78, 5) is 32.3. The monoisotopic (exact) mass is 354 g/mol. The van der Waals surface area contributed by atoms with Crippen LogP contribution in [0.2, 0.25) is 0 Å². The minimum absolute atomic E-state index is 0.0888. The van der Waals surface area contributed by atoms with E-state index in [0.717, 1.165) is 0 Å². The summed E-state index contributed by atoms with van der Waals surface area (Å²) in [6, 6.07) is 10.9. The van der Waals surface area contributed by atoms with Crippen LogP contribution < -0.4 is 10.1 Å². The summed E-state index contributed by atoms with van der Waals surface area (Å²) in [5.74, 6) is 0.996. The standard InChI is InChI=1S/C19H22N4O3/c1-2-21-19(25)23-12-10-22(11-13-23)18(24)16-14-20-9-8-17(16)26-15-6-4-3-5-7-15/h3-9,14H,2,10-13H2,1H3,(H,21,25). The summed E-state index contributed by atoms with van der Waals surface area (Å²) in [5, 5.41) is 2.78. The van der Waals surface area contributed by atoms with E-state index in [-0.39, 0.29) is 11.9 Å². The molecule has 0 unspecified atom stereocenters. The van der Waals surface area contributed by atoms with Crippen molar-refractivity contribution in [1.29, 1.82) is 0 Å². The molecule has 136 valence electrons. The van der Waals surface area contributed by atoms with Crippen molar-refractivity contribution < 1.29 is 14.3 Å². The number of nitrogens with one attached hydrogen (secondary N) is 1. The molecule has 3 rings (SSSR count). The van der Waals surface area contributed by atoms with E-state index in [9.17, 15) is 9.59 Å². The Bertz CT molecular complexity index is 758. The quantitative estimate of drug-likeness (QED) is 0.915. The Balaban J connectivity index is 1.68. The number of carbonyl (C=O) groups excluding carboxylic acids is 2. The van der Waals surface area contributed by atoms with Gasteiger partial charge in [-0.05, 0) is 25.1 Å². The van der Waals surface area contributed by atoms with Crippen molar-refractivity contribution in [3.63, 3.8) is 0 Å². The molecular formula is C19H22N4O3. The fourth-order valence-electron chi connectivity index (χ4n) is 2.79. The first-order valence-corrected chi connectivity index (χ1v) is 8.68. The maximum atomic E-state index is 12.9. The number of rotatable bonds is 4. The summed E-state index contributed by atoms with van der Waals surface area (Å²) in [6.07, 6.45) is 3.12. The minimum Gasteiger partial charge on any atom is -0.456 e. The van der Waals surface area contributed by atoms with Crippen LogP contribution in [0, 0.1) is 0 Å². The summed E-state index contributed by atoms with van der Waals surface area (Å²) < 4.78 is 5.85. The van der Waals surface area contributed by atoms with Crippen molar-refractivity contribution >= 4 is 11.9 Å². The predicted octanol–water partition coefficient (Wildman–Crippen LogP) is 2.36. The fourth-order valence-corrected chi connectivity index (χ4v) is 2.79. The SMILES string of the molecule is CCNC(=O)N1CCN(C(=O)c2cnccc2Oc2ccccc2)CC1. The lowest BCUT2D eigenvalue weighted by atomic mass is 10.2. The number of para-hydroxylation sites is 1. The van der Waals surface area contributed by atoms with Gasteiger partial charge in [-0.3, -0.25) is 9.78 Å². The Morgan fingerprint density at radius 2 is 1.77 bits per heavy atom. The first-order valence-electron chi connectivity index (χ1n) is 8.68.